The molecule has 0 aromatic rings. The third-order valence-electron chi connectivity index (χ3n) is 2.64. The first-order valence-electron chi connectivity index (χ1n) is 7.59. The van der Waals surface area contributed by atoms with E-state index in [1.165, 1.54) is 0 Å². The van der Waals surface area contributed by atoms with Gasteiger partial charge in [-0.1, -0.05) is 0 Å². The summed E-state index contributed by atoms with van der Waals surface area (Å²) in [5.74, 6) is 0.146. The SMILES string of the molecule is N=C(N)NCCNCCNCCNCCNCCN=C(N)N. The van der Waals surface area contributed by atoms with Gasteiger partial charge >= 0.3 is 0 Å². The molecule has 0 aromatic carbocycles. The first-order chi connectivity index (χ1) is 10.6. The van der Waals surface area contributed by atoms with E-state index in [2.05, 4.69) is 31.6 Å². The summed E-state index contributed by atoms with van der Waals surface area (Å²) in [5.41, 5.74) is 15.6. The molecule has 0 unspecified atom stereocenters. The highest BCUT2D eigenvalue weighted by atomic mass is 15.1. The number of rotatable bonds is 15. The second kappa shape index (κ2) is 15.8. The van der Waals surface area contributed by atoms with Gasteiger partial charge in [0.05, 0.1) is 6.54 Å². The Bertz CT molecular complexity index is 290. The van der Waals surface area contributed by atoms with Gasteiger partial charge in [-0.25, -0.2) is 0 Å². The average molecular weight is 316 g/mol. The summed E-state index contributed by atoms with van der Waals surface area (Å²) in [6.45, 7) is 8.34. The molecular formula is C12H32N10. The lowest BCUT2D eigenvalue weighted by Gasteiger charge is -2.08. The molecule has 0 rings (SSSR count). The summed E-state index contributed by atoms with van der Waals surface area (Å²) < 4.78 is 0. The van der Waals surface area contributed by atoms with Crippen molar-refractivity contribution in [3.05, 3.63) is 0 Å². The minimum absolute atomic E-state index is 0.0109. The van der Waals surface area contributed by atoms with E-state index < -0.39 is 0 Å². The van der Waals surface area contributed by atoms with Gasteiger partial charge in [0.1, 0.15) is 0 Å². The van der Waals surface area contributed by atoms with E-state index in [1.54, 1.807) is 0 Å². The first-order valence-corrected chi connectivity index (χ1v) is 7.59. The van der Waals surface area contributed by atoms with Crippen molar-refractivity contribution in [1.82, 2.24) is 26.6 Å². The predicted molar refractivity (Wildman–Crippen MR) is 92.1 cm³/mol. The van der Waals surface area contributed by atoms with Gasteiger partial charge in [0.25, 0.3) is 0 Å². The molecular weight excluding hydrogens is 284 g/mol. The fraction of sp³-hybridized carbons (Fsp3) is 0.833. The number of nitrogens with one attached hydrogen (secondary N) is 6. The van der Waals surface area contributed by atoms with Crippen LogP contribution in [0.15, 0.2) is 4.99 Å². The lowest BCUT2D eigenvalue weighted by molar-refractivity contribution is 0.566. The predicted octanol–water partition coefficient (Wildman–Crippen LogP) is -3.90. The maximum atomic E-state index is 6.98. The highest BCUT2D eigenvalue weighted by Crippen LogP contribution is 1.67. The Morgan fingerprint density at radius 3 is 1.50 bits per heavy atom. The zero-order valence-corrected chi connectivity index (χ0v) is 13.3. The lowest BCUT2D eigenvalue weighted by Crippen LogP contribution is -2.38. The molecule has 0 aromatic heterocycles. The number of hydrogen-bond donors (Lipinski definition) is 9. The molecule has 0 saturated heterocycles. The number of hydrogen-bond acceptors (Lipinski definition) is 6. The van der Waals surface area contributed by atoms with Crippen LogP contribution >= 0.6 is 0 Å². The van der Waals surface area contributed by atoms with Crippen LogP contribution in [0.5, 0.6) is 0 Å². The van der Waals surface area contributed by atoms with Crippen LogP contribution in [0.3, 0.4) is 0 Å². The molecule has 12 N–H and O–H groups in total. The minimum atomic E-state index is 0.0109. The van der Waals surface area contributed by atoms with Crippen molar-refractivity contribution < 1.29 is 0 Å². The van der Waals surface area contributed by atoms with E-state index >= 15 is 0 Å². The molecule has 0 aliphatic carbocycles. The van der Waals surface area contributed by atoms with Crippen LogP contribution in [-0.4, -0.2) is 77.4 Å². The van der Waals surface area contributed by atoms with Gasteiger partial charge in [-0.05, 0) is 0 Å². The van der Waals surface area contributed by atoms with E-state index in [0.717, 1.165) is 52.4 Å². The van der Waals surface area contributed by atoms with Gasteiger partial charge in [0.2, 0.25) is 0 Å². The Kier molecular flexibility index (Phi) is 14.6. The van der Waals surface area contributed by atoms with Crippen molar-refractivity contribution in [3.8, 4) is 0 Å². The van der Waals surface area contributed by atoms with E-state index in [0.29, 0.717) is 13.1 Å². The highest BCUT2D eigenvalue weighted by molar-refractivity contribution is 5.75. The minimum Gasteiger partial charge on any atom is -0.370 e. The molecule has 0 aliphatic rings. The summed E-state index contributed by atoms with van der Waals surface area (Å²) in [7, 11) is 0. The quantitative estimate of drug-likeness (QED) is 0.0837. The molecule has 10 nitrogen and oxygen atoms in total. The number of aliphatic imine (C=N–C) groups is 1. The van der Waals surface area contributed by atoms with E-state index in [4.69, 9.17) is 22.6 Å². The fourth-order valence-electron chi connectivity index (χ4n) is 1.58. The van der Waals surface area contributed by atoms with Crippen LogP contribution in [-0.2, 0) is 0 Å². The van der Waals surface area contributed by atoms with Crippen LogP contribution < -0.4 is 43.8 Å². The lowest BCUT2D eigenvalue weighted by atomic mass is 10.5. The van der Waals surface area contributed by atoms with Crippen LogP contribution in [0.1, 0.15) is 0 Å². The van der Waals surface area contributed by atoms with Gasteiger partial charge < -0.3 is 43.8 Å². The summed E-state index contributed by atoms with van der Waals surface area (Å²) in [4.78, 5) is 3.88. The number of nitrogens with two attached hydrogens (primary N) is 3. The average Bonchev–Trinajstić information content (AvgIpc) is 2.46. The van der Waals surface area contributed by atoms with Crippen molar-refractivity contribution in [2.75, 3.05) is 65.4 Å². The molecule has 130 valence electrons. The summed E-state index contributed by atoms with van der Waals surface area (Å²) in [5, 5.41) is 22.9. The largest absolute Gasteiger partial charge is 0.370 e. The number of guanidine groups is 2. The highest BCUT2D eigenvalue weighted by Gasteiger charge is 1.91. The summed E-state index contributed by atoms with van der Waals surface area (Å²) >= 11 is 0. The van der Waals surface area contributed by atoms with Crippen molar-refractivity contribution in [2.24, 2.45) is 22.2 Å². The zero-order valence-electron chi connectivity index (χ0n) is 13.3. The molecule has 22 heavy (non-hydrogen) atoms. The molecule has 0 atom stereocenters. The molecule has 0 heterocycles. The fourth-order valence-corrected chi connectivity index (χ4v) is 1.58. The Balaban J connectivity index is 3.02. The Morgan fingerprint density at radius 1 is 0.682 bits per heavy atom. The molecule has 0 amide bonds. The molecule has 0 bridgehead atoms. The standard InChI is InChI=1S/C12H32N10/c13-11(14)21-9-7-19-5-3-17-1-2-18-4-6-20-8-10-22-12(15)16/h17-20H,1-10H2,(H4,13,14,21)(H4,15,16,22). The first kappa shape index (κ1) is 20.4. The molecule has 0 fully saturated rings. The zero-order chi connectivity index (χ0) is 16.5. The van der Waals surface area contributed by atoms with Crippen molar-refractivity contribution in [2.45, 2.75) is 0 Å². The van der Waals surface area contributed by atoms with Gasteiger partial charge in [0.15, 0.2) is 11.9 Å². The van der Waals surface area contributed by atoms with Crippen LogP contribution in [0.4, 0.5) is 0 Å². The van der Waals surface area contributed by atoms with E-state index in [1.807, 2.05) is 0 Å². The van der Waals surface area contributed by atoms with Gasteiger partial charge in [-0.15, -0.1) is 0 Å². The Hall–Kier alpha value is -1.62. The normalized spacial score (nSPS) is 10.4. The maximum absolute atomic E-state index is 6.98. The monoisotopic (exact) mass is 316 g/mol. The van der Waals surface area contributed by atoms with Crippen LogP contribution in [0.25, 0.3) is 0 Å². The third kappa shape index (κ3) is 18.4. The van der Waals surface area contributed by atoms with E-state index in [-0.39, 0.29) is 11.9 Å². The second-order valence-corrected chi connectivity index (χ2v) is 4.65. The molecule has 10 heteroatoms. The Morgan fingerprint density at radius 2 is 1.09 bits per heavy atom. The van der Waals surface area contributed by atoms with Crippen LogP contribution in [0, 0.1) is 5.41 Å². The van der Waals surface area contributed by atoms with Gasteiger partial charge in [-0.3, -0.25) is 10.4 Å². The molecule has 0 spiro atoms. The molecule has 0 radical (unpaired) electrons. The molecule has 0 aliphatic heterocycles. The molecule has 0 saturated carbocycles. The van der Waals surface area contributed by atoms with Crippen molar-refractivity contribution in [1.29, 1.82) is 5.41 Å². The summed E-state index contributed by atoms with van der Waals surface area (Å²) in [6.07, 6.45) is 0. The summed E-state index contributed by atoms with van der Waals surface area (Å²) in [6, 6.07) is 0. The smallest absolute Gasteiger partial charge is 0.185 e. The van der Waals surface area contributed by atoms with E-state index in [9.17, 15) is 0 Å². The topological polar surface area (TPSA) is 174 Å². The van der Waals surface area contributed by atoms with Crippen molar-refractivity contribution in [3.63, 3.8) is 0 Å². The maximum Gasteiger partial charge on any atom is 0.185 e. The Labute approximate surface area is 132 Å². The van der Waals surface area contributed by atoms with Gasteiger partial charge in [0, 0.05) is 58.9 Å². The second-order valence-electron chi connectivity index (χ2n) is 4.65. The van der Waals surface area contributed by atoms with Gasteiger partial charge in [-0.2, -0.15) is 0 Å². The third-order valence-corrected chi connectivity index (χ3v) is 2.64. The van der Waals surface area contributed by atoms with Crippen molar-refractivity contribution >= 4 is 11.9 Å². The number of nitrogens with zero attached hydrogens (tertiary/aromatic N) is 1. The van der Waals surface area contributed by atoms with Crippen LogP contribution in [0.2, 0.25) is 0 Å².